The lowest BCUT2D eigenvalue weighted by Gasteiger charge is -2.01. The second-order valence-corrected chi connectivity index (χ2v) is 4.21. The summed E-state index contributed by atoms with van der Waals surface area (Å²) >= 11 is 3.30. The van der Waals surface area contributed by atoms with Gasteiger partial charge in [0, 0.05) is 16.2 Å². The fourth-order valence-corrected chi connectivity index (χ4v) is 1.73. The molecule has 17 heavy (non-hydrogen) atoms. The van der Waals surface area contributed by atoms with E-state index in [2.05, 4.69) is 25.9 Å². The smallest absolute Gasteiger partial charge is 0.342 e. The summed E-state index contributed by atoms with van der Waals surface area (Å²) in [5.74, 6) is -0.958. The third kappa shape index (κ3) is 2.42. The van der Waals surface area contributed by atoms with Gasteiger partial charge in [0.05, 0.1) is 0 Å². The standard InChI is InChI=1S/C11H7BrN2O3/c12-7-3-1-2-6(4-7)9-13-5-8(11(16)17)10(15)14-9/h1-5H,(H,16,17)(H,13,14,15). The van der Waals surface area contributed by atoms with Crippen LogP contribution in [-0.2, 0) is 0 Å². The topological polar surface area (TPSA) is 83.0 Å². The average Bonchev–Trinajstić information content (AvgIpc) is 2.28. The van der Waals surface area contributed by atoms with Gasteiger partial charge in [0.25, 0.3) is 5.56 Å². The summed E-state index contributed by atoms with van der Waals surface area (Å²) < 4.78 is 0.847. The quantitative estimate of drug-likeness (QED) is 0.886. The maximum Gasteiger partial charge on any atom is 0.342 e. The number of aromatic nitrogens is 2. The van der Waals surface area contributed by atoms with Crippen LogP contribution < -0.4 is 5.56 Å². The van der Waals surface area contributed by atoms with Crippen LogP contribution in [0.5, 0.6) is 0 Å². The number of aromatic carboxylic acids is 1. The summed E-state index contributed by atoms with van der Waals surface area (Å²) in [4.78, 5) is 28.5. The zero-order valence-corrected chi connectivity index (χ0v) is 10.1. The molecule has 0 saturated heterocycles. The first-order chi connectivity index (χ1) is 8.08. The number of hydrogen-bond acceptors (Lipinski definition) is 3. The van der Waals surface area contributed by atoms with Gasteiger partial charge in [-0.05, 0) is 12.1 Å². The van der Waals surface area contributed by atoms with E-state index in [1.165, 1.54) is 0 Å². The molecular formula is C11H7BrN2O3. The third-order valence-electron chi connectivity index (χ3n) is 2.13. The van der Waals surface area contributed by atoms with Gasteiger partial charge in [-0.2, -0.15) is 0 Å². The number of carboxylic acids is 1. The van der Waals surface area contributed by atoms with Crippen molar-refractivity contribution < 1.29 is 9.90 Å². The molecule has 0 bridgehead atoms. The first kappa shape index (κ1) is 11.5. The van der Waals surface area contributed by atoms with E-state index in [1.807, 2.05) is 6.07 Å². The van der Waals surface area contributed by atoms with Crippen molar-refractivity contribution in [3.63, 3.8) is 0 Å². The van der Waals surface area contributed by atoms with Crippen molar-refractivity contribution in [3.05, 3.63) is 50.9 Å². The van der Waals surface area contributed by atoms with Crippen LogP contribution >= 0.6 is 15.9 Å². The minimum absolute atomic E-state index is 0.335. The summed E-state index contributed by atoms with van der Waals surface area (Å²) in [5, 5.41) is 8.70. The van der Waals surface area contributed by atoms with Crippen LogP contribution in [0.3, 0.4) is 0 Å². The normalized spacial score (nSPS) is 10.2. The van der Waals surface area contributed by atoms with Crippen LogP contribution in [0.4, 0.5) is 0 Å². The Balaban J connectivity index is 2.52. The van der Waals surface area contributed by atoms with Crippen LogP contribution in [0.2, 0.25) is 0 Å². The first-order valence-corrected chi connectivity index (χ1v) is 5.46. The molecule has 0 saturated carbocycles. The molecular weight excluding hydrogens is 288 g/mol. The van der Waals surface area contributed by atoms with Gasteiger partial charge >= 0.3 is 5.97 Å². The molecule has 86 valence electrons. The number of rotatable bonds is 2. The van der Waals surface area contributed by atoms with E-state index >= 15 is 0 Å². The maximum atomic E-state index is 11.5. The number of carbonyl (C=O) groups is 1. The molecule has 0 fully saturated rings. The number of aromatic amines is 1. The van der Waals surface area contributed by atoms with E-state index in [-0.39, 0.29) is 5.56 Å². The Bertz CT molecular complexity index is 637. The van der Waals surface area contributed by atoms with E-state index < -0.39 is 11.5 Å². The van der Waals surface area contributed by atoms with Crippen molar-refractivity contribution in [2.45, 2.75) is 0 Å². The second-order valence-electron chi connectivity index (χ2n) is 3.29. The number of halogens is 1. The summed E-state index contributed by atoms with van der Waals surface area (Å²) in [7, 11) is 0. The van der Waals surface area contributed by atoms with Crippen molar-refractivity contribution in [1.82, 2.24) is 9.97 Å². The monoisotopic (exact) mass is 294 g/mol. The van der Waals surface area contributed by atoms with Gasteiger partial charge in [0.2, 0.25) is 0 Å². The number of nitrogens with one attached hydrogen (secondary N) is 1. The summed E-state index contributed by atoms with van der Waals surface area (Å²) in [6, 6.07) is 7.18. The zero-order valence-electron chi connectivity index (χ0n) is 8.48. The van der Waals surface area contributed by atoms with Crippen molar-refractivity contribution in [1.29, 1.82) is 0 Å². The highest BCUT2D eigenvalue weighted by Crippen LogP contribution is 2.18. The largest absolute Gasteiger partial charge is 0.477 e. The molecule has 0 atom stereocenters. The van der Waals surface area contributed by atoms with Gasteiger partial charge in [-0.3, -0.25) is 4.79 Å². The first-order valence-electron chi connectivity index (χ1n) is 4.66. The van der Waals surface area contributed by atoms with E-state index in [1.54, 1.807) is 18.2 Å². The molecule has 6 heteroatoms. The molecule has 1 aromatic heterocycles. The van der Waals surface area contributed by atoms with E-state index in [4.69, 9.17) is 5.11 Å². The SMILES string of the molecule is O=C(O)c1cnc(-c2cccc(Br)c2)[nH]c1=O. The highest BCUT2D eigenvalue weighted by Gasteiger charge is 2.10. The number of H-pyrrole nitrogens is 1. The average molecular weight is 295 g/mol. The molecule has 2 aromatic rings. The maximum absolute atomic E-state index is 11.5. The molecule has 2 N–H and O–H groups in total. The zero-order chi connectivity index (χ0) is 12.4. The molecule has 1 heterocycles. The van der Waals surface area contributed by atoms with Gasteiger partial charge in [-0.15, -0.1) is 0 Å². The van der Waals surface area contributed by atoms with Crippen molar-refractivity contribution in [3.8, 4) is 11.4 Å². The Morgan fingerprint density at radius 2 is 2.18 bits per heavy atom. The minimum atomic E-state index is -1.29. The number of benzene rings is 1. The third-order valence-corrected chi connectivity index (χ3v) is 2.62. The molecule has 0 aliphatic rings. The molecule has 2 rings (SSSR count). The van der Waals surface area contributed by atoms with Gasteiger partial charge in [-0.25, -0.2) is 9.78 Å². The number of nitrogens with zero attached hydrogens (tertiary/aromatic N) is 1. The predicted molar refractivity (Wildman–Crippen MR) is 65.0 cm³/mol. The summed E-state index contributed by atoms with van der Waals surface area (Å²) in [6.07, 6.45) is 1.05. The van der Waals surface area contributed by atoms with E-state index in [0.717, 1.165) is 10.7 Å². The Kier molecular flexibility index (Phi) is 3.06. The Labute approximate surface area is 104 Å². The summed E-state index contributed by atoms with van der Waals surface area (Å²) in [6.45, 7) is 0. The van der Waals surface area contributed by atoms with Crippen LogP contribution in [-0.4, -0.2) is 21.0 Å². The fraction of sp³-hybridized carbons (Fsp3) is 0. The van der Waals surface area contributed by atoms with E-state index in [9.17, 15) is 9.59 Å². The molecule has 0 spiro atoms. The molecule has 0 unspecified atom stereocenters. The van der Waals surface area contributed by atoms with Crippen molar-refractivity contribution in [2.75, 3.05) is 0 Å². The van der Waals surface area contributed by atoms with Gasteiger partial charge < -0.3 is 10.1 Å². The van der Waals surface area contributed by atoms with E-state index in [0.29, 0.717) is 11.4 Å². The highest BCUT2D eigenvalue weighted by molar-refractivity contribution is 9.10. The lowest BCUT2D eigenvalue weighted by atomic mass is 10.2. The predicted octanol–water partition coefficient (Wildman–Crippen LogP) is 1.90. The lowest BCUT2D eigenvalue weighted by molar-refractivity contribution is 0.0694. The van der Waals surface area contributed by atoms with Crippen LogP contribution in [0.15, 0.2) is 39.7 Å². The molecule has 0 amide bonds. The van der Waals surface area contributed by atoms with Gasteiger partial charge in [0.1, 0.15) is 11.4 Å². The number of carboxylic acid groups (broad SMARTS) is 1. The number of hydrogen-bond donors (Lipinski definition) is 2. The van der Waals surface area contributed by atoms with Gasteiger partial charge in [0.15, 0.2) is 0 Å². The second kappa shape index (κ2) is 4.50. The molecule has 1 aromatic carbocycles. The minimum Gasteiger partial charge on any atom is -0.477 e. The van der Waals surface area contributed by atoms with Crippen LogP contribution in [0.1, 0.15) is 10.4 Å². The van der Waals surface area contributed by atoms with Crippen LogP contribution in [0.25, 0.3) is 11.4 Å². The lowest BCUT2D eigenvalue weighted by Crippen LogP contribution is -2.18. The Morgan fingerprint density at radius 3 is 2.76 bits per heavy atom. The molecule has 0 aliphatic heterocycles. The summed E-state index contributed by atoms with van der Waals surface area (Å²) in [5.41, 5.74) is -0.334. The van der Waals surface area contributed by atoms with Gasteiger partial charge in [-0.1, -0.05) is 28.1 Å². The molecule has 5 nitrogen and oxygen atoms in total. The highest BCUT2D eigenvalue weighted by atomic mass is 79.9. The molecule has 0 radical (unpaired) electrons. The Hall–Kier alpha value is -1.95. The fourth-order valence-electron chi connectivity index (χ4n) is 1.33. The Morgan fingerprint density at radius 1 is 1.41 bits per heavy atom. The van der Waals surface area contributed by atoms with Crippen LogP contribution in [0, 0.1) is 0 Å². The molecule has 0 aliphatic carbocycles. The van der Waals surface area contributed by atoms with Crippen molar-refractivity contribution >= 4 is 21.9 Å². The van der Waals surface area contributed by atoms with Crippen molar-refractivity contribution in [2.24, 2.45) is 0 Å².